The molecule has 0 aliphatic carbocycles. The molecule has 0 amide bonds. The summed E-state index contributed by atoms with van der Waals surface area (Å²) in [5.74, 6) is -0.234. The van der Waals surface area contributed by atoms with Crippen molar-refractivity contribution >= 4 is 29.0 Å². The summed E-state index contributed by atoms with van der Waals surface area (Å²) in [6.07, 6.45) is 0.122. The molecule has 0 saturated carbocycles. The molecule has 0 fully saturated rings. The molecule has 2 aromatic carbocycles. The summed E-state index contributed by atoms with van der Waals surface area (Å²) in [6, 6.07) is 5.23. The van der Waals surface area contributed by atoms with Crippen molar-refractivity contribution in [3.8, 4) is 23.0 Å². The molecule has 0 aliphatic heterocycles. The van der Waals surface area contributed by atoms with Gasteiger partial charge in [-0.3, -0.25) is 4.79 Å². The first kappa shape index (κ1) is 25.9. The standard InChI is InChI=1S/C21H20Cl2F4O5/c1-29-18-9-16(31-20(24)25)11(7-14(18)22)3-5-13(28)6-4-12-8-15(23)19(30-2)10-17(12)32-21(26)27/h7-10,20-21H,3-6H2,1-2H3. The molecule has 0 heterocycles. The van der Waals surface area contributed by atoms with E-state index in [0.717, 1.165) is 0 Å². The molecule has 0 radical (unpaired) electrons. The highest BCUT2D eigenvalue weighted by Crippen LogP contribution is 2.35. The van der Waals surface area contributed by atoms with Gasteiger partial charge < -0.3 is 18.9 Å². The number of Topliss-reactive ketones (excluding diaryl/α,β-unsaturated/α-hetero) is 1. The Bertz CT molecular complexity index is 867. The maximum absolute atomic E-state index is 12.7. The quantitative estimate of drug-likeness (QED) is 0.319. The van der Waals surface area contributed by atoms with Gasteiger partial charge >= 0.3 is 13.2 Å². The van der Waals surface area contributed by atoms with E-state index in [0.29, 0.717) is 11.1 Å². The van der Waals surface area contributed by atoms with Gasteiger partial charge in [0, 0.05) is 25.0 Å². The Balaban J connectivity index is 2.08. The highest BCUT2D eigenvalue weighted by Gasteiger charge is 2.18. The van der Waals surface area contributed by atoms with E-state index in [4.69, 9.17) is 32.7 Å². The van der Waals surface area contributed by atoms with Crippen LogP contribution in [-0.4, -0.2) is 33.2 Å². The summed E-state index contributed by atoms with van der Waals surface area (Å²) in [6.45, 7) is -6.13. The normalized spacial score (nSPS) is 11.1. The number of aryl methyl sites for hydroxylation is 2. The van der Waals surface area contributed by atoms with Crippen LogP contribution in [0.25, 0.3) is 0 Å². The molecule has 0 aliphatic rings. The summed E-state index contributed by atoms with van der Waals surface area (Å²) in [7, 11) is 2.65. The minimum Gasteiger partial charge on any atom is -0.495 e. The number of benzene rings is 2. The van der Waals surface area contributed by atoms with Crippen LogP contribution in [-0.2, 0) is 17.6 Å². The highest BCUT2D eigenvalue weighted by molar-refractivity contribution is 6.32. The maximum atomic E-state index is 12.7. The minimum atomic E-state index is -3.07. The van der Waals surface area contributed by atoms with E-state index in [2.05, 4.69) is 9.47 Å². The summed E-state index contributed by atoms with van der Waals surface area (Å²) >= 11 is 12.1. The molecular weight excluding hydrogens is 479 g/mol. The number of carbonyl (C=O) groups excluding carboxylic acids is 1. The molecule has 2 aromatic rings. The molecule has 0 bridgehead atoms. The van der Waals surface area contributed by atoms with Crippen molar-refractivity contribution < 1.29 is 41.3 Å². The fourth-order valence-corrected chi connectivity index (χ4v) is 3.47. The van der Waals surface area contributed by atoms with Gasteiger partial charge in [0.25, 0.3) is 0 Å². The molecule has 0 saturated heterocycles. The second-order valence-corrected chi connectivity index (χ2v) is 7.30. The summed E-state index contributed by atoms with van der Waals surface area (Å²) < 4.78 is 69.8. The molecule has 0 atom stereocenters. The molecule has 176 valence electrons. The average molecular weight is 499 g/mol. The molecule has 5 nitrogen and oxygen atoms in total. The van der Waals surface area contributed by atoms with Gasteiger partial charge in [-0.1, -0.05) is 23.2 Å². The topological polar surface area (TPSA) is 54.0 Å². The van der Waals surface area contributed by atoms with Crippen molar-refractivity contribution in [1.82, 2.24) is 0 Å². The Morgan fingerprint density at radius 2 is 1.12 bits per heavy atom. The second kappa shape index (κ2) is 12.0. The third-order valence-electron chi connectivity index (χ3n) is 4.45. The van der Waals surface area contributed by atoms with Crippen molar-refractivity contribution in [3.63, 3.8) is 0 Å². The Labute approximate surface area is 192 Å². The number of hydrogen-bond donors (Lipinski definition) is 0. The van der Waals surface area contributed by atoms with Crippen molar-refractivity contribution in [2.45, 2.75) is 38.9 Å². The minimum absolute atomic E-state index is 0.0167. The van der Waals surface area contributed by atoms with Crippen molar-refractivity contribution in [2.75, 3.05) is 14.2 Å². The smallest absolute Gasteiger partial charge is 0.387 e. The van der Waals surface area contributed by atoms with E-state index < -0.39 is 13.2 Å². The number of rotatable bonds is 12. The number of hydrogen-bond acceptors (Lipinski definition) is 5. The van der Waals surface area contributed by atoms with Crippen LogP contribution >= 0.6 is 23.2 Å². The van der Waals surface area contributed by atoms with E-state index in [-0.39, 0.29) is 64.5 Å². The summed E-state index contributed by atoms with van der Waals surface area (Å²) in [4.78, 5) is 12.4. The third-order valence-corrected chi connectivity index (χ3v) is 5.04. The molecule has 2 rings (SSSR count). The van der Waals surface area contributed by atoms with Gasteiger partial charge in [0.2, 0.25) is 0 Å². The van der Waals surface area contributed by atoms with Crippen molar-refractivity contribution in [1.29, 1.82) is 0 Å². The Kier molecular flexibility index (Phi) is 9.71. The monoisotopic (exact) mass is 498 g/mol. The zero-order valence-electron chi connectivity index (χ0n) is 17.1. The fourth-order valence-electron chi connectivity index (χ4n) is 2.94. The first-order chi connectivity index (χ1) is 15.1. The van der Waals surface area contributed by atoms with Gasteiger partial charge in [-0.15, -0.1) is 0 Å². The lowest BCUT2D eigenvalue weighted by Crippen LogP contribution is -2.08. The predicted molar refractivity (Wildman–Crippen MR) is 111 cm³/mol. The predicted octanol–water partition coefficient (Wildman–Crippen LogP) is 6.35. The largest absolute Gasteiger partial charge is 0.495 e. The fraction of sp³-hybridized carbons (Fsp3) is 0.381. The van der Waals surface area contributed by atoms with E-state index in [1.165, 1.54) is 38.5 Å². The van der Waals surface area contributed by atoms with Crippen molar-refractivity contribution in [2.24, 2.45) is 0 Å². The molecule has 0 N–H and O–H groups in total. The first-order valence-corrected chi connectivity index (χ1v) is 10.0. The van der Waals surface area contributed by atoms with Crippen LogP contribution in [0.15, 0.2) is 24.3 Å². The van der Waals surface area contributed by atoms with Crippen LogP contribution in [0.4, 0.5) is 17.6 Å². The van der Waals surface area contributed by atoms with Crippen LogP contribution in [0, 0.1) is 0 Å². The molecule has 11 heteroatoms. The van der Waals surface area contributed by atoms with E-state index in [1.54, 1.807) is 0 Å². The second-order valence-electron chi connectivity index (χ2n) is 6.48. The zero-order chi connectivity index (χ0) is 23.8. The Morgan fingerprint density at radius 3 is 1.44 bits per heavy atom. The lowest BCUT2D eigenvalue weighted by Gasteiger charge is -2.14. The molecule has 0 unspecified atom stereocenters. The number of carbonyl (C=O) groups is 1. The summed E-state index contributed by atoms with van der Waals surface area (Å²) in [5.41, 5.74) is 0.609. The van der Waals surface area contributed by atoms with E-state index in [1.807, 2.05) is 0 Å². The van der Waals surface area contributed by atoms with E-state index >= 15 is 0 Å². The van der Waals surface area contributed by atoms with Crippen LogP contribution in [0.1, 0.15) is 24.0 Å². The van der Waals surface area contributed by atoms with Gasteiger partial charge in [0.15, 0.2) is 0 Å². The zero-order valence-corrected chi connectivity index (χ0v) is 18.6. The number of ether oxygens (including phenoxy) is 4. The van der Waals surface area contributed by atoms with Gasteiger partial charge in [0.1, 0.15) is 28.8 Å². The molecule has 32 heavy (non-hydrogen) atoms. The van der Waals surface area contributed by atoms with Crippen LogP contribution < -0.4 is 18.9 Å². The highest BCUT2D eigenvalue weighted by atomic mass is 35.5. The Hall–Kier alpha value is -2.39. The van der Waals surface area contributed by atoms with Gasteiger partial charge in [-0.2, -0.15) is 17.6 Å². The van der Waals surface area contributed by atoms with Gasteiger partial charge in [-0.05, 0) is 36.1 Å². The van der Waals surface area contributed by atoms with Gasteiger partial charge in [0.05, 0.1) is 24.3 Å². The van der Waals surface area contributed by atoms with Gasteiger partial charge in [-0.25, -0.2) is 0 Å². The number of alkyl halides is 4. The average Bonchev–Trinajstić information content (AvgIpc) is 2.72. The first-order valence-electron chi connectivity index (χ1n) is 9.28. The third kappa shape index (κ3) is 7.34. The molecule has 0 aromatic heterocycles. The SMILES string of the molecule is COc1cc(OC(F)F)c(CCC(=O)CCc2cc(Cl)c(OC)cc2OC(F)F)cc1Cl. The van der Waals surface area contributed by atoms with Crippen molar-refractivity contribution in [3.05, 3.63) is 45.4 Å². The van der Waals surface area contributed by atoms with E-state index in [9.17, 15) is 22.4 Å². The number of methoxy groups -OCH3 is 2. The Morgan fingerprint density at radius 1 is 0.750 bits per heavy atom. The number of halogens is 6. The number of ketones is 1. The molecular formula is C21H20Cl2F4O5. The van der Waals surface area contributed by atoms with Crippen LogP contribution in [0.2, 0.25) is 10.0 Å². The molecule has 0 spiro atoms. The lowest BCUT2D eigenvalue weighted by molar-refractivity contribution is -0.119. The lowest BCUT2D eigenvalue weighted by atomic mass is 10.0. The van der Waals surface area contributed by atoms with Crippen LogP contribution in [0.3, 0.4) is 0 Å². The van der Waals surface area contributed by atoms with Crippen LogP contribution in [0.5, 0.6) is 23.0 Å². The maximum Gasteiger partial charge on any atom is 0.387 e. The summed E-state index contributed by atoms with van der Waals surface area (Å²) in [5, 5.41) is 0.358.